The van der Waals surface area contributed by atoms with Crippen LogP contribution >= 0.6 is 0 Å². The predicted octanol–water partition coefficient (Wildman–Crippen LogP) is 0.564. The molecule has 0 spiro atoms. The summed E-state index contributed by atoms with van der Waals surface area (Å²) in [6.45, 7) is 4.08. The molecule has 0 aliphatic rings. The van der Waals surface area contributed by atoms with Gasteiger partial charge in [-0.1, -0.05) is 0 Å². The molecule has 1 N–H and O–H groups in total. The van der Waals surface area contributed by atoms with Crippen molar-refractivity contribution in [3.63, 3.8) is 0 Å². The second kappa shape index (κ2) is 8.97. The fourth-order valence-corrected chi connectivity index (χ4v) is 0.977. The Morgan fingerprint density at radius 2 is 1.92 bits per heavy atom. The number of ether oxygens (including phenoxy) is 1. The van der Waals surface area contributed by atoms with Crippen molar-refractivity contribution in [3.8, 4) is 0 Å². The van der Waals surface area contributed by atoms with Gasteiger partial charge in [-0.2, -0.15) is 0 Å². The first-order valence-electron chi connectivity index (χ1n) is 4.61. The first-order valence-corrected chi connectivity index (χ1v) is 4.61. The summed E-state index contributed by atoms with van der Waals surface area (Å²) in [4.78, 5) is 2.22. The maximum Gasteiger partial charge on any atom is 0.0587 e. The van der Waals surface area contributed by atoms with E-state index in [9.17, 15) is 0 Å². The van der Waals surface area contributed by atoms with Crippen molar-refractivity contribution in [1.82, 2.24) is 10.2 Å². The summed E-state index contributed by atoms with van der Waals surface area (Å²) in [6, 6.07) is 0. The van der Waals surface area contributed by atoms with Crippen LogP contribution in [0.1, 0.15) is 12.8 Å². The van der Waals surface area contributed by atoms with E-state index in [1.54, 1.807) is 7.11 Å². The van der Waals surface area contributed by atoms with E-state index in [0.717, 1.165) is 19.7 Å². The molecule has 0 atom stereocenters. The minimum atomic E-state index is 0.813. The van der Waals surface area contributed by atoms with Gasteiger partial charge >= 0.3 is 0 Å². The summed E-state index contributed by atoms with van der Waals surface area (Å²) in [5.74, 6) is 0. The summed E-state index contributed by atoms with van der Waals surface area (Å²) in [6.07, 6.45) is 2.52. The maximum absolute atomic E-state index is 4.92. The van der Waals surface area contributed by atoms with Gasteiger partial charge in [-0.3, -0.25) is 0 Å². The first-order chi connectivity index (χ1) is 5.77. The van der Waals surface area contributed by atoms with Crippen molar-refractivity contribution < 1.29 is 4.74 Å². The Bertz CT molecular complexity index is 86.6. The van der Waals surface area contributed by atoms with Gasteiger partial charge in [0.05, 0.1) is 6.61 Å². The second-order valence-corrected chi connectivity index (χ2v) is 3.25. The van der Waals surface area contributed by atoms with Gasteiger partial charge in [-0.25, -0.2) is 0 Å². The zero-order valence-corrected chi connectivity index (χ0v) is 8.60. The van der Waals surface area contributed by atoms with E-state index in [1.807, 2.05) is 0 Å². The van der Waals surface area contributed by atoms with Crippen LogP contribution in [-0.4, -0.2) is 52.3 Å². The maximum atomic E-state index is 4.92. The molecule has 0 aliphatic carbocycles. The quantitative estimate of drug-likeness (QED) is 0.544. The Morgan fingerprint density at radius 1 is 1.17 bits per heavy atom. The van der Waals surface area contributed by atoms with Gasteiger partial charge in [0.1, 0.15) is 0 Å². The molecule has 0 saturated heterocycles. The molecule has 0 radical (unpaired) electrons. The number of hydrogen-bond acceptors (Lipinski definition) is 3. The molecule has 0 aromatic carbocycles. The molecular formula is C9H22N2O. The summed E-state index contributed by atoms with van der Waals surface area (Å²) in [5, 5.41) is 3.32. The first kappa shape index (κ1) is 11.9. The Balaban J connectivity index is 2.82. The van der Waals surface area contributed by atoms with E-state index in [4.69, 9.17) is 4.74 Å². The molecule has 3 nitrogen and oxygen atoms in total. The van der Waals surface area contributed by atoms with Gasteiger partial charge in [0.25, 0.3) is 0 Å². The molecule has 0 aromatic heterocycles. The Kier molecular flexibility index (Phi) is 8.88. The zero-order valence-electron chi connectivity index (χ0n) is 8.60. The van der Waals surface area contributed by atoms with E-state index in [-0.39, 0.29) is 0 Å². The largest absolute Gasteiger partial charge is 0.383 e. The van der Waals surface area contributed by atoms with Crippen LogP contribution in [0.5, 0.6) is 0 Å². The molecule has 0 heterocycles. The molecular weight excluding hydrogens is 152 g/mol. The minimum Gasteiger partial charge on any atom is -0.383 e. The summed E-state index contributed by atoms with van der Waals surface area (Å²) in [7, 11) is 5.95. The highest BCUT2D eigenvalue weighted by atomic mass is 16.5. The number of unbranched alkanes of at least 4 members (excludes halogenated alkanes) is 1. The van der Waals surface area contributed by atoms with Gasteiger partial charge in [0, 0.05) is 13.7 Å². The Hall–Kier alpha value is -0.120. The lowest BCUT2D eigenvalue weighted by molar-refractivity contribution is 0.199. The van der Waals surface area contributed by atoms with E-state index < -0.39 is 0 Å². The van der Waals surface area contributed by atoms with E-state index in [0.29, 0.717) is 0 Å². The summed E-state index contributed by atoms with van der Waals surface area (Å²) >= 11 is 0. The Labute approximate surface area is 76.1 Å². The van der Waals surface area contributed by atoms with Crippen LogP contribution in [0.25, 0.3) is 0 Å². The smallest absolute Gasteiger partial charge is 0.0587 e. The third-order valence-electron chi connectivity index (χ3n) is 1.69. The lowest BCUT2D eigenvalue weighted by Crippen LogP contribution is -2.21. The number of hydrogen-bond donors (Lipinski definition) is 1. The van der Waals surface area contributed by atoms with Crippen LogP contribution in [0.15, 0.2) is 0 Å². The molecule has 0 unspecified atom stereocenters. The van der Waals surface area contributed by atoms with Gasteiger partial charge in [-0.15, -0.1) is 0 Å². The molecule has 74 valence electrons. The van der Waals surface area contributed by atoms with E-state index >= 15 is 0 Å². The number of nitrogens with zero attached hydrogens (tertiary/aromatic N) is 1. The molecule has 0 amide bonds. The van der Waals surface area contributed by atoms with Crippen LogP contribution in [-0.2, 0) is 4.74 Å². The number of nitrogens with one attached hydrogen (secondary N) is 1. The molecule has 0 aromatic rings. The minimum absolute atomic E-state index is 0.813. The highest BCUT2D eigenvalue weighted by molar-refractivity contribution is 4.49. The van der Waals surface area contributed by atoms with Crippen LogP contribution < -0.4 is 5.32 Å². The molecule has 0 bridgehead atoms. The lowest BCUT2D eigenvalue weighted by atomic mass is 10.3. The average Bonchev–Trinajstić information content (AvgIpc) is 2.02. The van der Waals surface area contributed by atoms with Gasteiger partial charge in [0.15, 0.2) is 0 Å². The zero-order chi connectivity index (χ0) is 9.23. The standard InChI is InChI=1S/C9H22N2O/c1-11(2)8-5-4-6-10-7-9-12-3/h10H,4-9H2,1-3H3. The van der Waals surface area contributed by atoms with Crippen LogP contribution in [0.3, 0.4) is 0 Å². The van der Waals surface area contributed by atoms with Crippen molar-refractivity contribution in [2.75, 3.05) is 47.4 Å². The molecule has 3 heteroatoms. The van der Waals surface area contributed by atoms with Crippen molar-refractivity contribution in [2.24, 2.45) is 0 Å². The number of rotatable bonds is 8. The normalized spacial score (nSPS) is 11.0. The lowest BCUT2D eigenvalue weighted by Gasteiger charge is -2.08. The fraction of sp³-hybridized carbons (Fsp3) is 1.00. The van der Waals surface area contributed by atoms with Crippen LogP contribution in [0, 0.1) is 0 Å². The third kappa shape index (κ3) is 9.88. The van der Waals surface area contributed by atoms with Crippen molar-refractivity contribution >= 4 is 0 Å². The molecule has 0 fully saturated rings. The molecule has 0 rings (SSSR count). The molecule has 0 aliphatic heterocycles. The van der Waals surface area contributed by atoms with Crippen molar-refractivity contribution in [3.05, 3.63) is 0 Å². The van der Waals surface area contributed by atoms with E-state index in [2.05, 4.69) is 24.3 Å². The molecule has 0 saturated carbocycles. The van der Waals surface area contributed by atoms with Crippen LogP contribution in [0.2, 0.25) is 0 Å². The summed E-state index contributed by atoms with van der Waals surface area (Å²) < 4.78 is 4.92. The van der Waals surface area contributed by atoms with E-state index in [1.165, 1.54) is 19.4 Å². The highest BCUT2D eigenvalue weighted by Crippen LogP contribution is 1.88. The van der Waals surface area contributed by atoms with Gasteiger partial charge < -0.3 is 15.0 Å². The summed E-state index contributed by atoms with van der Waals surface area (Å²) in [5.41, 5.74) is 0. The van der Waals surface area contributed by atoms with Gasteiger partial charge in [-0.05, 0) is 40.0 Å². The number of methoxy groups -OCH3 is 1. The third-order valence-corrected chi connectivity index (χ3v) is 1.69. The SMILES string of the molecule is COCCNCCCCN(C)C. The highest BCUT2D eigenvalue weighted by Gasteiger charge is 1.90. The monoisotopic (exact) mass is 174 g/mol. The van der Waals surface area contributed by atoms with Gasteiger partial charge in [0.2, 0.25) is 0 Å². The topological polar surface area (TPSA) is 24.5 Å². The second-order valence-electron chi connectivity index (χ2n) is 3.25. The fourth-order valence-electron chi connectivity index (χ4n) is 0.977. The van der Waals surface area contributed by atoms with Crippen LogP contribution in [0.4, 0.5) is 0 Å². The predicted molar refractivity (Wildman–Crippen MR) is 52.5 cm³/mol. The van der Waals surface area contributed by atoms with Crippen molar-refractivity contribution in [2.45, 2.75) is 12.8 Å². The average molecular weight is 174 g/mol. The van der Waals surface area contributed by atoms with Crippen molar-refractivity contribution in [1.29, 1.82) is 0 Å². The Morgan fingerprint density at radius 3 is 2.50 bits per heavy atom. The molecule has 12 heavy (non-hydrogen) atoms.